The molecule has 3 rings (SSSR count). The van der Waals surface area contributed by atoms with Crippen LogP contribution in [0.5, 0.6) is 0 Å². The van der Waals surface area contributed by atoms with E-state index < -0.39 is 12.1 Å². The number of amides is 1. The van der Waals surface area contributed by atoms with Crippen LogP contribution >= 0.6 is 0 Å². The predicted molar refractivity (Wildman–Crippen MR) is 70.9 cm³/mol. The van der Waals surface area contributed by atoms with E-state index in [4.69, 9.17) is 0 Å². The zero-order chi connectivity index (χ0) is 15.9. The van der Waals surface area contributed by atoms with Crippen molar-refractivity contribution in [3.63, 3.8) is 0 Å². The van der Waals surface area contributed by atoms with Crippen LogP contribution in [0.3, 0.4) is 0 Å². The molecule has 1 heterocycles. The summed E-state index contributed by atoms with van der Waals surface area (Å²) in [5, 5.41) is 3.31. The molecule has 5 nitrogen and oxygen atoms in total. The van der Waals surface area contributed by atoms with Crippen LogP contribution in [0.25, 0.3) is 11.4 Å². The minimum Gasteiger partial charge on any atom is -0.329 e. The Morgan fingerprint density at radius 3 is 2.41 bits per heavy atom. The van der Waals surface area contributed by atoms with E-state index in [1.807, 2.05) is 0 Å². The van der Waals surface area contributed by atoms with Gasteiger partial charge in [0.2, 0.25) is 11.7 Å². The fraction of sp³-hybridized carbons (Fsp3) is 0.357. The van der Waals surface area contributed by atoms with Crippen LogP contribution in [-0.2, 0) is 11.0 Å². The lowest BCUT2D eigenvalue weighted by Crippen LogP contribution is -2.27. The van der Waals surface area contributed by atoms with Crippen LogP contribution in [-0.4, -0.2) is 23.1 Å². The monoisotopic (exact) mass is 311 g/mol. The number of halogens is 3. The number of alkyl halides is 3. The number of rotatable bonds is 3. The van der Waals surface area contributed by atoms with Crippen molar-refractivity contribution in [2.24, 2.45) is 5.92 Å². The van der Waals surface area contributed by atoms with Gasteiger partial charge in [-0.1, -0.05) is 5.16 Å². The molecule has 116 valence electrons. The summed E-state index contributed by atoms with van der Waals surface area (Å²) >= 11 is 0. The summed E-state index contributed by atoms with van der Waals surface area (Å²) in [5.74, 6) is -1.38. The number of anilines is 1. The van der Waals surface area contributed by atoms with Crippen LogP contribution < -0.4 is 4.90 Å². The maximum Gasteiger partial charge on any atom is 0.471 e. The van der Waals surface area contributed by atoms with E-state index in [2.05, 4.69) is 14.7 Å². The second-order valence-corrected chi connectivity index (χ2v) is 5.14. The highest BCUT2D eigenvalue weighted by atomic mass is 19.4. The average Bonchev–Trinajstić information content (AvgIpc) is 3.21. The summed E-state index contributed by atoms with van der Waals surface area (Å²) in [5.41, 5.74) is 1.05. The Labute approximate surface area is 123 Å². The van der Waals surface area contributed by atoms with Gasteiger partial charge in [-0.15, -0.1) is 0 Å². The minimum atomic E-state index is -4.66. The normalized spacial score (nSPS) is 14.9. The summed E-state index contributed by atoms with van der Waals surface area (Å²) in [6, 6.07) is 6.38. The third-order valence-electron chi connectivity index (χ3n) is 3.44. The van der Waals surface area contributed by atoms with Gasteiger partial charge in [-0.2, -0.15) is 18.2 Å². The van der Waals surface area contributed by atoms with Crippen LogP contribution in [0.15, 0.2) is 28.8 Å². The molecule has 0 radical (unpaired) electrons. The molecular weight excluding hydrogens is 299 g/mol. The molecule has 1 aromatic heterocycles. The van der Waals surface area contributed by atoms with Gasteiger partial charge in [0.05, 0.1) is 0 Å². The second-order valence-electron chi connectivity index (χ2n) is 5.14. The highest BCUT2D eigenvalue weighted by molar-refractivity contribution is 5.96. The van der Waals surface area contributed by atoms with Crippen LogP contribution in [0, 0.1) is 5.92 Å². The Balaban J connectivity index is 1.79. The van der Waals surface area contributed by atoms with Crippen LogP contribution in [0.2, 0.25) is 0 Å². The summed E-state index contributed by atoms with van der Waals surface area (Å²) in [6.45, 7) is 0. The van der Waals surface area contributed by atoms with Crippen molar-refractivity contribution in [1.29, 1.82) is 0 Å². The molecule has 0 atom stereocenters. The van der Waals surface area contributed by atoms with Crippen molar-refractivity contribution >= 4 is 11.6 Å². The van der Waals surface area contributed by atoms with Crippen molar-refractivity contribution < 1.29 is 22.5 Å². The Bertz CT molecular complexity index is 690. The summed E-state index contributed by atoms with van der Waals surface area (Å²) < 4.78 is 41.4. The lowest BCUT2D eigenvalue weighted by atomic mass is 10.2. The number of hydrogen-bond acceptors (Lipinski definition) is 4. The van der Waals surface area contributed by atoms with Gasteiger partial charge in [0, 0.05) is 24.2 Å². The van der Waals surface area contributed by atoms with Crippen molar-refractivity contribution in [1.82, 2.24) is 10.1 Å². The lowest BCUT2D eigenvalue weighted by Gasteiger charge is -2.17. The van der Waals surface area contributed by atoms with Gasteiger partial charge >= 0.3 is 12.1 Å². The number of carbonyl (C=O) groups excluding carboxylic acids is 1. The average molecular weight is 311 g/mol. The standard InChI is InChI=1S/C14H12F3N3O2/c1-20(12(21)9-2-3-9)10-6-4-8(5-7-10)11-18-13(22-19-11)14(15,16)17/h4-7,9H,2-3H2,1H3. The molecule has 1 saturated carbocycles. The van der Waals surface area contributed by atoms with Gasteiger partial charge < -0.3 is 9.42 Å². The highest BCUT2D eigenvalue weighted by Crippen LogP contribution is 2.33. The van der Waals surface area contributed by atoms with E-state index >= 15 is 0 Å². The van der Waals surface area contributed by atoms with Crippen molar-refractivity contribution in [2.75, 3.05) is 11.9 Å². The zero-order valence-corrected chi connectivity index (χ0v) is 11.6. The van der Waals surface area contributed by atoms with Gasteiger partial charge in [-0.3, -0.25) is 4.79 Å². The van der Waals surface area contributed by atoms with Gasteiger partial charge in [0.25, 0.3) is 0 Å². The minimum absolute atomic E-state index is 0.0478. The topological polar surface area (TPSA) is 59.2 Å². The first-order chi connectivity index (χ1) is 10.4. The van der Waals surface area contributed by atoms with Crippen LogP contribution in [0.1, 0.15) is 18.7 Å². The third-order valence-corrected chi connectivity index (χ3v) is 3.44. The van der Waals surface area contributed by atoms with Gasteiger partial charge in [0.1, 0.15) is 0 Å². The molecule has 0 spiro atoms. The fourth-order valence-electron chi connectivity index (χ4n) is 2.02. The lowest BCUT2D eigenvalue weighted by molar-refractivity contribution is -0.159. The number of nitrogens with zero attached hydrogens (tertiary/aromatic N) is 3. The Hall–Kier alpha value is -2.38. The van der Waals surface area contributed by atoms with E-state index in [9.17, 15) is 18.0 Å². The van der Waals surface area contributed by atoms with E-state index in [1.54, 1.807) is 36.2 Å². The number of benzene rings is 1. The van der Waals surface area contributed by atoms with Crippen molar-refractivity contribution in [3.05, 3.63) is 30.2 Å². The number of hydrogen-bond donors (Lipinski definition) is 0. The summed E-state index contributed by atoms with van der Waals surface area (Å²) in [6.07, 6.45) is -2.85. The van der Waals surface area contributed by atoms with E-state index in [0.717, 1.165) is 12.8 Å². The molecule has 2 aromatic rings. The Morgan fingerprint density at radius 2 is 1.91 bits per heavy atom. The summed E-state index contributed by atoms with van der Waals surface area (Å²) in [7, 11) is 1.67. The highest BCUT2D eigenvalue weighted by Gasteiger charge is 2.38. The van der Waals surface area contributed by atoms with Gasteiger partial charge in [-0.25, -0.2) is 0 Å². The molecule has 1 aliphatic rings. The molecule has 1 amide bonds. The van der Waals surface area contributed by atoms with Crippen molar-refractivity contribution in [2.45, 2.75) is 19.0 Å². The molecule has 0 unspecified atom stereocenters. The largest absolute Gasteiger partial charge is 0.471 e. The quantitative estimate of drug-likeness (QED) is 0.874. The molecule has 0 saturated heterocycles. The Kier molecular flexibility index (Phi) is 3.38. The summed E-state index contributed by atoms with van der Waals surface area (Å²) in [4.78, 5) is 16.8. The first-order valence-electron chi connectivity index (χ1n) is 6.65. The van der Waals surface area contributed by atoms with E-state index in [0.29, 0.717) is 11.3 Å². The molecule has 22 heavy (non-hydrogen) atoms. The molecule has 0 bridgehead atoms. The molecule has 8 heteroatoms. The van der Waals surface area contributed by atoms with Gasteiger partial charge in [0.15, 0.2) is 0 Å². The second kappa shape index (κ2) is 5.11. The van der Waals surface area contributed by atoms with Gasteiger partial charge in [-0.05, 0) is 37.1 Å². The SMILES string of the molecule is CN(C(=O)C1CC1)c1ccc(-c2noc(C(F)(F)F)n2)cc1. The van der Waals surface area contributed by atoms with Crippen LogP contribution in [0.4, 0.5) is 18.9 Å². The first kappa shape index (κ1) is 14.6. The van der Waals surface area contributed by atoms with E-state index in [-0.39, 0.29) is 17.6 Å². The molecule has 0 aliphatic heterocycles. The van der Waals surface area contributed by atoms with Crippen molar-refractivity contribution in [3.8, 4) is 11.4 Å². The first-order valence-corrected chi connectivity index (χ1v) is 6.65. The molecule has 0 N–H and O–H groups in total. The number of aromatic nitrogens is 2. The third kappa shape index (κ3) is 2.81. The maximum absolute atomic E-state index is 12.4. The molecular formula is C14H12F3N3O2. The number of carbonyl (C=O) groups is 1. The zero-order valence-electron chi connectivity index (χ0n) is 11.6. The fourth-order valence-corrected chi connectivity index (χ4v) is 2.02. The predicted octanol–water partition coefficient (Wildman–Crippen LogP) is 3.13. The molecule has 1 fully saturated rings. The van der Waals surface area contributed by atoms with E-state index in [1.165, 1.54) is 0 Å². The molecule has 1 aliphatic carbocycles. The smallest absolute Gasteiger partial charge is 0.329 e. The molecule has 1 aromatic carbocycles. The Morgan fingerprint density at radius 1 is 1.27 bits per heavy atom. The maximum atomic E-state index is 12.4.